The van der Waals surface area contributed by atoms with Crippen LogP contribution in [0.25, 0.3) is 10.1 Å². The van der Waals surface area contributed by atoms with E-state index in [9.17, 15) is 0 Å². The topological polar surface area (TPSA) is 39.1 Å². The molecule has 1 atom stereocenters. The van der Waals surface area contributed by atoms with E-state index in [1.54, 1.807) is 13.3 Å². The van der Waals surface area contributed by atoms with Gasteiger partial charge >= 0.3 is 0 Å². The largest absolute Gasteiger partial charge is 0.493 e. The van der Waals surface area contributed by atoms with E-state index in [1.165, 1.54) is 15.0 Å². The van der Waals surface area contributed by atoms with Gasteiger partial charge in [0.2, 0.25) is 0 Å². The van der Waals surface area contributed by atoms with Gasteiger partial charge in [0.05, 0.1) is 19.3 Å². The molecule has 0 bridgehead atoms. The van der Waals surface area contributed by atoms with Gasteiger partial charge in [-0.15, -0.1) is 11.3 Å². The molecule has 110 valence electrons. The molecule has 5 heteroatoms. The number of nitrogens with zero attached hydrogens (tertiary/aromatic N) is 2. The summed E-state index contributed by atoms with van der Waals surface area (Å²) in [7, 11) is 3.67. The van der Waals surface area contributed by atoms with Gasteiger partial charge in [-0.3, -0.25) is 4.68 Å². The van der Waals surface area contributed by atoms with Crippen molar-refractivity contribution in [3.8, 4) is 5.75 Å². The van der Waals surface area contributed by atoms with Crippen molar-refractivity contribution in [1.82, 2.24) is 15.1 Å². The molecule has 1 aromatic carbocycles. The lowest BCUT2D eigenvalue weighted by molar-refractivity contribution is 0.401. The standard InChI is InChI=1S/C16H19N3OS/c1-4-19-16(12(20-3)10-18-19)15(17-2)14-9-11-7-5-6-8-13(11)21-14/h5-10,15,17H,4H2,1-3H3. The van der Waals surface area contributed by atoms with Gasteiger partial charge in [0, 0.05) is 16.1 Å². The molecular weight excluding hydrogens is 282 g/mol. The number of rotatable bonds is 5. The minimum Gasteiger partial charge on any atom is -0.493 e. The molecule has 0 radical (unpaired) electrons. The van der Waals surface area contributed by atoms with Crippen LogP contribution in [0.2, 0.25) is 0 Å². The molecule has 0 aliphatic rings. The maximum atomic E-state index is 5.49. The maximum Gasteiger partial charge on any atom is 0.161 e. The molecule has 2 heterocycles. The van der Waals surface area contributed by atoms with E-state index in [0.717, 1.165) is 18.0 Å². The van der Waals surface area contributed by atoms with Gasteiger partial charge in [0.15, 0.2) is 5.75 Å². The quantitative estimate of drug-likeness (QED) is 0.784. The molecule has 1 unspecified atom stereocenters. The Morgan fingerprint density at radius 2 is 2.19 bits per heavy atom. The molecule has 0 saturated carbocycles. The molecule has 4 nitrogen and oxygen atoms in total. The Hall–Kier alpha value is -1.85. The van der Waals surface area contributed by atoms with Crippen molar-refractivity contribution in [3.63, 3.8) is 0 Å². The first kappa shape index (κ1) is 14.1. The van der Waals surface area contributed by atoms with Crippen molar-refractivity contribution < 1.29 is 4.74 Å². The summed E-state index contributed by atoms with van der Waals surface area (Å²) in [6.45, 7) is 2.91. The van der Waals surface area contributed by atoms with E-state index in [-0.39, 0.29) is 6.04 Å². The Morgan fingerprint density at radius 3 is 2.86 bits per heavy atom. The van der Waals surface area contributed by atoms with Crippen LogP contribution in [0.4, 0.5) is 0 Å². The van der Waals surface area contributed by atoms with E-state index in [1.807, 2.05) is 23.1 Å². The zero-order chi connectivity index (χ0) is 14.8. The van der Waals surface area contributed by atoms with Crippen LogP contribution in [0.3, 0.4) is 0 Å². The van der Waals surface area contributed by atoms with Crippen LogP contribution in [0, 0.1) is 0 Å². The van der Waals surface area contributed by atoms with E-state index in [0.29, 0.717) is 0 Å². The number of benzene rings is 1. The maximum absolute atomic E-state index is 5.49. The highest BCUT2D eigenvalue weighted by molar-refractivity contribution is 7.19. The van der Waals surface area contributed by atoms with E-state index < -0.39 is 0 Å². The second kappa shape index (κ2) is 5.87. The van der Waals surface area contributed by atoms with E-state index >= 15 is 0 Å². The molecule has 3 aromatic rings. The average molecular weight is 301 g/mol. The van der Waals surface area contributed by atoms with E-state index in [2.05, 4.69) is 47.7 Å². The predicted molar refractivity (Wildman–Crippen MR) is 87.2 cm³/mol. The Bertz CT molecular complexity index is 692. The van der Waals surface area contributed by atoms with Crippen molar-refractivity contribution in [1.29, 1.82) is 0 Å². The highest BCUT2D eigenvalue weighted by Gasteiger charge is 2.23. The number of hydrogen-bond acceptors (Lipinski definition) is 4. The van der Waals surface area contributed by atoms with Gasteiger partial charge in [-0.2, -0.15) is 5.10 Å². The van der Waals surface area contributed by atoms with Crippen LogP contribution < -0.4 is 10.1 Å². The minimum absolute atomic E-state index is 0.0831. The third kappa shape index (κ3) is 2.43. The fourth-order valence-electron chi connectivity index (χ4n) is 2.64. The number of nitrogens with one attached hydrogen (secondary N) is 1. The SMILES string of the molecule is CCn1ncc(OC)c1C(NC)c1cc2ccccc2s1. The van der Waals surface area contributed by atoms with Crippen LogP contribution in [-0.2, 0) is 6.54 Å². The van der Waals surface area contributed by atoms with Crippen LogP contribution in [0.5, 0.6) is 5.75 Å². The Balaban J connectivity index is 2.11. The Morgan fingerprint density at radius 1 is 1.38 bits per heavy atom. The minimum atomic E-state index is 0.0831. The molecule has 0 aliphatic heterocycles. The molecule has 0 fully saturated rings. The molecule has 0 saturated heterocycles. The van der Waals surface area contributed by atoms with Gasteiger partial charge in [0.25, 0.3) is 0 Å². The molecule has 1 N–H and O–H groups in total. The summed E-state index contributed by atoms with van der Waals surface area (Å²) in [5.41, 5.74) is 1.08. The summed E-state index contributed by atoms with van der Waals surface area (Å²) >= 11 is 1.81. The molecular formula is C16H19N3OS. The lowest BCUT2D eigenvalue weighted by Gasteiger charge is -2.17. The summed E-state index contributed by atoms with van der Waals surface area (Å²) in [5.74, 6) is 0.827. The Kier molecular flexibility index (Phi) is 3.94. The van der Waals surface area contributed by atoms with E-state index in [4.69, 9.17) is 4.74 Å². The fourth-order valence-corrected chi connectivity index (χ4v) is 3.82. The average Bonchev–Trinajstić information content (AvgIpc) is 3.11. The van der Waals surface area contributed by atoms with Gasteiger partial charge in [0.1, 0.15) is 5.69 Å². The van der Waals surface area contributed by atoms with Gasteiger partial charge in [-0.25, -0.2) is 0 Å². The first-order valence-electron chi connectivity index (χ1n) is 7.04. The summed E-state index contributed by atoms with van der Waals surface area (Å²) in [6, 6.07) is 10.8. The van der Waals surface area contributed by atoms with Gasteiger partial charge in [-0.1, -0.05) is 18.2 Å². The van der Waals surface area contributed by atoms with Gasteiger partial charge < -0.3 is 10.1 Å². The van der Waals surface area contributed by atoms with Crippen LogP contribution in [0.1, 0.15) is 23.5 Å². The lowest BCUT2D eigenvalue weighted by atomic mass is 10.1. The predicted octanol–water partition coefficient (Wildman–Crippen LogP) is 3.44. The molecule has 0 aliphatic carbocycles. The van der Waals surface area contributed by atoms with Crippen LogP contribution >= 0.6 is 11.3 Å². The van der Waals surface area contributed by atoms with Crippen molar-refractivity contribution in [2.75, 3.05) is 14.2 Å². The summed E-state index contributed by atoms with van der Waals surface area (Å²) in [6.07, 6.45) is 1.79. The van der Waals surface area contributed by atoms with Crippen molar-refractivity contribution in [3.05, 3.63) is 47.1 Å². The molecule has 0 amide bonds. The molecule has 3 rings (SSSR count). The third-order valence-corrected chi connectivity index (χ3v) is 4.84. The normalized spacial score (nSPS) is 12.7. The lowest BCUT2D eigenvalue weighted by Crippen LogP contribution is -2.21. The number of aromatic nitrogens is 2. The fraction of sp³-hybridized carbons (Fsp3) is 0.312. The second-order valence-corrected chi connectivity index (χ2v) is 5.94. The second-order valence-electron chi connectivity index (χ2n) is 4.82. The first-order chi connectivity index (χ1) is 10.3. The third-order valence-electron chi connectivity index (χ3n) is 3.66. The number of hydrogen-bond donors (Lipinski definition) is 1. The summed E-state index contributed by atoms with van der Waals surface area (Å²) in [4.78, 5) is 1.27. The highest BCUT2D eigenvalue weighted by atomic mass is 32.1. The van der Waals surface area contributed by atoms with Crippen molar-refractivity contribution in [2.45, 2.75) is 19.5 Å². The highest BCUT2D eigenvalue weighted by Crippen LogP contribution is 2.36. The van der Waals surface area contributed by atoms with Gasteiger partial charge in [-0.05, 0) is 31.5 Å². The van der Waals surface area contributed by atoms with Crippen LogP contribution in [-0.4, -0.2) is 23.9 Å². The summed E-state index contributed by atoms with van der Waals surface area (Å²) in [5, 5.41) is 9.09. The number of ether oxygens (including phenoxy) is 1. The van der Waals surface area contributed by atoms with Crippen LogP contribution in [0.15, 0.2) is 36.5 Å². The molecule has 21 heavy (non-hydrogen) atoms. The Labute approximate surface area is 128 Å². The zero-order valence-electron chi connectivity index (χ0n) is 12.5. The number of fused-ring (bicyclic) bond motifs is 1. The molecule has 0 spiro atoms. The first-order valence-corrected chi connectivity index (χ1v) is 7.85. The van der Waals surface area contributed by atoms with Crippen molar-refractivity contribution >= 4 is 21.4 Å². The zero-order valence-corrected chi connectivity index (χ0v) is 13.3. The monoisotopic (exact) mass is 301 g/mol. The molecule has 2 aromatic heterocycles. The number of methoxy groups -OCH3 is 1. The van der Waals surface area contributed by atoms with Crippen molar-refractivity contribution in [2.24, 2.45) is 0 Å². The number of thiophene rings is 1. The smallest absolute Gasteiger partial charge is 0.161 e. The number of aryl methyl sites for hydroxylation is 1. The summed E-state index contributed by atoms with van der Waals surface area (Å²) < 4.78 is 8.78.